The van der Waals surface area contributed by atoms with Crippen LogP contribution in [0.4, 0.5) is 5.69 Å². The molecule has 1 saturated heterocycles. The number of fused-ring (bicyclic) bond motifs is 1. The molecule has 1 aromatic carbocycles. The van der Waals surface area contributed by atoms with E-state index in [9.17, 15) is 4.79 Å². The van der Waals surface area contributed by atoms with Crippen LogP contribution in [0.2, 0.25) is 0 Å². The number of piperidine rings is 1. The number of aromatic nitrogens is 3. The minimum Gasteiger partial charge on any atom is -0.377 e. The molecule has 1 amide bonds. The molecule has 2 aliphatic heterocycles. The second-order valence-electron chi connectivity index (χ2n) is 8.30. The Hall–Kier alpha value is -2.94. The molecule has 2 aromatic rings. The highest BCUT2D eigenvalue weighted by atomic mass is 16.5. The van der Waals surface area contributed by atoms with Crippen LogP contribution in [-0.2, 0) is 35.6 Å². The van der Waals surface area contributed by atoms with Gasteiger partial charge in [-0.2, -0.15) is 5.10 Å². The van der Waals surface area contributed by atoms with E-state index in [0.717, 1.165) is 74.2 Å². The van der Waals surface area contributed by atoms with E-state index in [4.69, 9.17) is 9.73 Å². The molecule has 32 heavy (non-hydrogen) atoms. The molecule has 0 spiro atoms. The summed E-state index contributed by atoms with van der Waals surface area (Å²) in [7, 11) is 1.66. The Morgan fingerprint density at radius 2 is 2.09 bits per heavy atom. The number of carbonyl (C=O) groups is 1. The third kappa shape index (κ3) is 5.45. The largest absolute Gasteiger partial charge is 0.377 e. The van der Waals surface area contributed by atoms with Gasteiger partial charge in [0.05, 0.1) is 13.1 Å². The Morgan fingerprint density at radius 1 is 1.25 bits per heavy atom. The number of ether oxygens (including phenoxy) is 1. The lowest BCUT2D eigenvalue weighted by Gasteiger charge is -2.27. The van der Waals surface area contributed by atoms with Crippen LogP contribution >= 0.6 is 0 Å². The monoisotopic (exact) mass is 439 g/mol. The van der Waals surface area contributed by atoms with Gasteiger partial charge in [0, 0.05) is 44.8 Å². The van der Waals surface area contributed by atoms with Gasteiger partial charge in [-0.25, -0.2) is 14.7 Å². The number of rotatable bonds is 7. The fourth-order valence-corrected chi connectivity index (χ4v) is 4.21. The number of hydrogen-bond donors (Lipinski definition) is 2. The normalized spacial score (nSPS) is 19.1. The van der Waals surface area contributed by atoms with Crippen molar-refractivity contribution in [2.24, 2.45) is 4.99 Å². The molecule has 0 bridgehead atoms. The van der Waals surface area contributed by atoms with Gasteiger partial charge >= 0.3 is 0 Å². The van der Waals surface area contributed by atoms with Gasteiger partial charge in [0.2, 0.25) is 5.91 Å². The highest BCUT2D eigenvalue weighted by Crippen LogP contribution is 2.21. The number of benzene rings is 1. The number of methoxy groups -OCH3 is 1. The minimum atomic E-state index is 0.220. The maximum absolute atomic E-state index is 12.1. The van der Waals surface area contributed by atoms with Crippen molar-refractivity contribution in [3.8, 4) is 0 Å². The molecule has 0 radical (unpaired) electrons. The van der Waals surface area contributed by atoms with E-state index in [2.05, 4.69) is 39.8 Å². The Kier molecular flexibility index (Phi) is 7.36. The second kappa shape index (κ2) is 10.6. The van der Waals surface area contributed by atoms with E-state index < -0.39 is 0 Å². The number of anilines is 1. The summed E-state index contributed by atoms with van der Waals surface area (Å²) < 4.78 is 7.12. The molecule has 172 valence electrons. The van der Waals surface area contributed by atoms with Gasteiger partial charge in [0.25, 0.3) is 0 Å². The SMILES string of the molecule is CCNC(=NCc1ccc(N2CCCCC2=O)cc1)NC1CCc2nc(COC)nn2C1. The van der Waals surface area contributed by atoms with Crippen LogP contribution in [-0.4, -0.2) is 52.9 Å². The number of aryl methyl sites for hydroxylation is 1. The molecule has 9 heteroatoms. The Morgan fingerprint density at radius 3 is 2.84 bits per heavy atom. The molecule has 1 unspecified atom stereocenters. The Labute approximate surface area is 189 Å². The van der Waals surface area contributed by atoms with Crippen molar-refractivity contribution in [3.05, 3.63) is 41.5 Å². The molecule has 0 saturated carbocycles. The van der Waals surface area contributed by atoms with Gasteiger partial charge in [-0.15, -0.1) is 0 Å². The van der Waals surface area contributed by atoms with E-state index in [1.807, 2.05) is 21.7 Å². The maximum Gasteiger partial charge on any atom is 0.226 e. The van der Waals surface area contributed by atoms with Crippen LogP contribution in [0, 0.1) is 0 Å². The van der Waals surface area contributed by atoms with E-state index in [-0.39, 0.29) is 11.9 Å². The summed E-state index contributed by atoms with van der Waals surface area (Å²) in [6.45, 7) is 5.44. The van der Waals surface area contributed by atoms with Crippen molar-refractivity contribution in [1.29, 1.82) is 0 Å². The van der Waals surface area contributed by atoms with E-state index in [1.54, 1.807) is 7.11 Å². The van der Waals surface area contributed by atoms with Crippen LogP contribution in [0.1, 0.15) is 49.8 Å². The highest BCUT2D eigenvalue weighted by Gasteiger charge is 2.22. The van der Waals surface area contributed by atoms with Crippen molar-refractivity contribution < 1.29 is 9.53 Å². The molecule has 0 aliphatic carbocycles. The summed E-state index contributed by atoms with van der Waals surface area (Å²) in [6.07, 6.45) is 4.57. The maximum atomic E-state index is 12.1. The lowest BCUT2D eigenvalue weighted by Crippen LogP contribution is -2.47. The van der Waals surface area contributed by atoms with Crippen molar-refractivity contribution >= 4 is 17.6 Å². The van der Waals surface area contributed by atoms with Crippen molar-refractivity contribution in [2.75, 3.05) is 25.1 Å². The molecule has 2 N–H and O–H groups in total. The number of amides is 1. The second-order valence-corrected chi connectivity index (χ2v) is 8.30. The first-order valence-electron chi connectivity index (χ1n) is 11.5. The van der Waals surface area contributed by atoms with E-state index >= 15 is 0 Å². The van der Waals surface area contributed by atoms with Gasteiger partial charge in [0.15, 0.2) is 11.8 Å². The number of guanidine groups is 1. The smallest absolute Gasteiger partial charge is 0.226 e. The number of carbonyl (C=O) groups excluding carboxylic acids is 1. The fraction of sp³-hybridized carbons (Fsp3) is 0.565. The Balaban J connectivity index is 1.36. The topological polar surface area (TPSA) is 96.7 Å². The van der Waals surface area contributed by atoms with Crippen LogP contribution in [0.3, 0.4) is 0 Å². The zero-order valence-electron chi connectivity index (χ0n) is 19.0. The molecule has 9 nitrogen and oxygen atoms in total. The molecule has 4 rings (SSSR count). The summed E-state index contributed by atoms with van der Waals surface area (Å²) in [5.74, 6) is 2.77. The predicted octanol–water partition coefficient (Wildman–Crippen LogP) is 2.01. The number of nitrogens with zero attached hydrogens (tertiary/aromatic N) is 5. The summed E-state index contributed by atoms with van der Waals surface area (Å²) >= 11 is 0. The molecule has 1 atom stereocenters. The standard InChI is InChI=1S/C23H33N7O2/c1-3-24-23(26-18-9-12-21-27-20(16-32-2)28-30(21)15-18)25-14-17-7-10-19(11-8-17)29-13-5-4-6-22(29)31/h7-8,10-11,18H,3-6,9,12-16H2,1-2H3,(H2,24,25,26). The van der Waals surface area contributed by atoms with Gasteiger partial charge in [-0.05, 0) is 43.9 Å². The summed E-state index contributed by atoms with van der Waals surface area (Å²) in [4.78, 5) is 23.3. The summed E-state index contributed by atoms with van der Waals surface area (Å²) in [5.41, 5.74) is 2.09. The molecule has 3 heterocycles. The third-order valence-corrected chi connectivity index (χ3v) is 5.85. The van der Waals surface area contributed by atoms with Crippen molar-refractivity contribution in [2.45, 2.75) is 64.8 Å². The highest BCUT2D eigenvalue weighted by molar-refractivity contribution is 5.93. The van der Waals surface area contributed by atoms with E-state index in [1.165, 1.54) is 0 Å². The van der Waals surface area contributed by atoms with Crippen molar-refractivity contribution in [3.63, 3.8) is 0 Å². The first kappa shape index (κ1) is 22.3. The summed E-state index contributed by atoms with van der Waals surface area (Å²) in [5, 5.41) is 11.4. The minimum absolute atomic E-state index is 0.220. The zero-order chi connectivity index (χ0) is 22.3. The van der Waals surface area contributed by atoms with Gasteiger partial charge < -0.3 is 20.3 Å². The number of hydrogen-bond acceptors (Lipinski definition) is 5. The first-order valence-corrected chi connectivity index (χ1v) is 11.5. The molecular weight excluding hydrogens is 406 g/mol. The summed E-state index contributed by atoms with van der Waals surface area (Å²) in [6, 6.07) is 8.41. The van der Waals surface area contributed by atoms with E-state index in [0.29, 0.717) is 19.6 Å². The Bertz CT molecular complexity index is 938. The van der Waals surface area contributed by atoms with Gasteiger partial charge in [0.1, 0.15) is 12.4 Å². The average molecular weight is 440 g/mol. The quantitative estimate of drug-likeness (QED) is 0.506. The third-order valence-electron chi connectivity index (χ3n) is 5.85. The van der Waals surface area contributed by atoms with Gasteiger partial charge in [-0.1, -0.05) is 12.1 Å². The fourth-order valence-electron chi connectivity index (χ4n) is 4.21. The zero-order valence-corrected chi connectivity index (χ0v) is 19.0. The van der Waals surface area contributed by atoms with Gasteiger partial charge in [-0.3, -0.25) is 4.79 Å². The average Bonchev–Trinajstić information content (AvgIpc) is 3.20. The molecular formula is C23H33N7O2. The molecule has 2 aliphatic rings. The first-order chi connectivity index (χ1) is 15.7. The lowest BCUT2D eigenvalue weighted by molar-refractivity contribution is -0.119. The number of nitrogens with one attached hydrogen (secondary N) is 2. The van der Waals surface area contributed by atoms with Crippen LogP contribution < -0.4 is 15.5 Å². The lowest BCUT2D eigenvalue weighted by atomic mass is 10.1. The molecule has 1 fully saturated rings. The predicted molar refractivity (Wildman–Crippen MR) is 123 cm³/mol. The van der Waals surface area contributed by atoms with Crippen LogP contribution in [0.25, 0.3) is 0 Å². The molecule has 1 aromatic heterocycles. The number of aliphatic imine (C=N–C) groups is 1. The van der Waals surface area contributed by atoms with Crippen LogP contribution in [0.15, 0.2) is 29.3 Å². The van der Waals surface area contributed by atoms with Crippen molar-refractivity contribution in [1.82, 2.24) is 25.4 Å². The van der Waals surface area contributed by atoms with Crippen LogP contribution in [0.5, 0.6) is 0 Å².